The largest absolute Gasteiger partial charge is 0.416 e. The molecule has 0 atom stereocenters. The zero-order chi connectivity index (χ0) is 21.0. The van der Waals surface area contributed by atoms with Gasteiger partial charge in [-0.15, -0.1) is 0 Å². The molecule has 2 aromatic carbocycles. The molecule has 3 rings (SSSR count). The number of anilines is 2. The predicted molar refractivity (Wildman–Crippen MR) is 97.3 cm³/mol. The van der Waals surface area contributed by atoms with Gasteiger partial charge < -0.3 is 10.1 Å². The van der Waals surface area contributed by atoms with Crippen LogP contribution in [0.1, 0.15) is 17.0 Å². The summed E-state index contributed by atoms with van der Waals surface area (Å²) in [5.74, 6) is 0.652. The molecule has 1 heterocycles. The molecule has 0 saturated carbocycles. The summed E-state index contributed by atoms with van der Waals surface area (Å²) in [6, 6.07) is 9.19. The first kappa shape index (κ1) is 20.3. The summed E-state index contributed by atoms with van der Waals surface area (Å²) in [7, 11) is 1.74. The molecule has 11 heteroatoms. The molecule has 0 fully saturated rings. The van der Waals surface area contributed by atoms with Gasteiger partial charge in [0.2, 0.25) is 0 Å². The zero-order valence-corrected chi connectivity index (χ0v) is 15.2. The van der Waals surface area contributed by atoms with Gasteiger partial charge in [0, 0.05) is 18.8 Å². The summed E-state index contributed by atoms with van der Waals surface area (Å²) in [5, 5.41) is 17.9. The molecule has 0 radical (unpaired) electrons. The number of hydrogen-bond acceptors (Lipinski definition) is 6. The second kappa shape index (κ2) is 8.27. The van der Waals surface area contributed by atoms with E-state index in [0.717, 1.165) is 17.7 Å². The van der Waals surface area contributed by atoms with Crippen LogP contribution < -0.4 is 5.32 Å². The van der Waals surface area contributed by atoms with Crippen molar-refractivity contribution >= 4 is 17.1 Å². The number of nitrogens with one attached hydrogen (secondary N) is 1. The Hall–Kier alpha value is -3.47. The molecule has 1 aromatic heterocycles. The van der Waals surface area contributed by atoms with E-state index in [2.05, 4.69) is 15.4 Å². The summed E-state index contributed by atoms with van der Waals surface area (Å²) in [5.41, 5.74) is -0.538. The van der Waals surface area contributed by atoms with Crippen molar-refractivity contribution in [3.8, 4) is 0 Å². The van der Waals surface area contributed by atoms with Crippen molar-refractivity contribution < 1.29 is 22.8 Å². The van der Waals surface area contributed by atoms with Crippen molar-refractivity contribution in [1.82, 2.24) is 14.8 Å². The van der Waals surface area contributed by atoms with Gasteiger partial charge in [-0.2, -0.15) is 18.3 Å². The Kier molecular flexibility index (Phi) is 5.78. The number of nitro benzene ring substituents is 1. The third-order valence-electron chi connectivity index (χ3n) is 4.03. The van der Waals surface area contributed by atoms with E-state index in [1.165, 1.54) is 6.33 Å². The number of rotatable bonds is 7. The minimum Gasteiger partial charge on any atom is -0.369 e. The lowest BCUT2D eigenvalue weighted by Gasteiger charge is -2.11. The first-order valence-corrected chi connectivity index (χ1v) is 8.36. The molecule has 0 spiro atoms. The van der Waals surface area contributed by atoms with Gasteiger partial charge >= 0.3 is 6.18 Å². The highest BCUT2D eigenvalue weighted by Gasteiger charge is 2.33. The SMILES string of the molecule is Cn1ncnc1COCc1cccc(Nc2ccc(C(F)(F)F)cc2[N+](=O)[O-])c1. The van der Waals surface area contributed by atoms with Crippen LogP contribution in [0.3, 0.4) is 0 Å². The summed E-state index contributed by atoms with van der Waals surface area (Å²) >= 11 is 0. The van der Waals surface area contributed by atoms with Gasteiger partial charge in [-0.25, -0.2) is 4.98 Å². The number of halogens is 3. The van der Waals surface area contributed by atoms with Crippen molar-refractivity contribution in [1.29, 1.82) is 0 Å². The van der Waals surface area contributed by atoms with E-state index in [9.17, 15) is 23.3 Å². The zero-order valence-electron chi connectivity index (χ0n) is 15.2. The van der Waals surface area contributed by atoms with Crippen molar-refractivity contribution in [2.75, 3.05) is 5.32 Å². The minimum absolute atomic E-state index is 0.0415. The highest BCUT2D eigenvalue weighted by Crippen LogP contribution is 2.36. The van der Waals surface area contributed by atoms with E-state index in [-0.39, 0.29) is 18.9 Å². The highest BCUT2D eigenvalue weighted by atomic mass is 19.4. The molecule has 8 nitrogen and oxygen atoms in total. The fraction of sp³-hybridized carbons (Fsp3) is 0.222. The van der Waals surface area contributed by atoms with Crippen LogP contribution in [0.5, 0.6) is 0 Å². The second-order valence-corrected chi connectivity index (χ2v) is 6.10. The molecule has 29 heavy (non-hydrogen) atoms. The number of ether oxygens (including phenoxy) is 1. The highest BCUT2D eigenvalue weighted by molar-refractivity contribution is 5.70. The molecule has 0 bridgehead atoms. The van der Waals surface area contributed by atoms with Crippen LogP contribution in [0.2, 0.25) is 0 Å². The van der Waals surface area contributed by atoms with Crippen LogP contribution in [0.25, 0.3) is 0 Å². The van der Waals surface area contributed by atoms with Crippen LogP contribution in [-0.2, 0) is 31.2 Å². The normalized spacial score (nSPS) is 11.4. The van der Waals surface area contributed by atoms with Crippen molar-refractivity contribution in [2.24, 2.45) is 7.05 Å². The van der Waals surface area contributed by atoms with Gasteiger partial charge in [0.05, 0.1) is 17.1 Å². The van der Waals surface area contributed by atoms with Gasteiger partial charge in [-0.3, -0.25) is 14.8 Å². The van der Waals surface area contributed by atoms with Crippen LogP contribution in [0.4, 0.5) is 30.2 Å². The minimum atomic E-state index is -4.66. The maximum absolute atomic E-state index is 12.8. The fourth-order valence-electron chi connectivity index (χ4n) is 2.57. The number of nitro groups is 1. The van der Waals surface area contributed by atoms with Crippen LogP contribution in [-0.4, -0.2) is 19.7 Å². The molecule has 0 aliphatic rings. The summed E-state index contributed by atoms with van der Waals surface area (Å²) in [6.45, 7) is 0.496. The van der Waals surface area contributed by atoms with Gasteiger partial charge in [-0.1, -0.05) is 12.1 Å². The number of alkyl halides is 3. The first-order chi connectivity index (χ1) is 13.7. The van der Waals surface area contributed by atoms with Crippen molar-refractivity contribution in [2.45, 2.75) is 19.4 Å². The number of benzene rings is 2. The summed E-state index contributed by atoms with van der Waals surface area (Å²) in [6.07, 6.45) is -3.25. The molecular weight excluding hydrogens is 391 g/mol. The van der Waals surface area contributed by atoms with Gasteiger partial charge in [0.25, 0.3) is 5.69 Å². The van der Waals surface area contributed by atoms with Gasteiger partial charge in [0.1, 0.15) is 18.6 Å². The molecule has 0 amide bonds. The van der Waals surface area contributed by atoms with E-state index >= 15 is 0 Å². The van der Waals surface area contributed by atoms with E-state index in [1.54, 1.807) is 36.0 Å². The van der Waals surface area contributed by atoms with Crippen LogP contribution in [0, 0.1) is 10.1 Å². The molecule has 1 N–H and O–H groups in total. The average Bonchev–Trinajstić information content (AvgIpc) is 3.06. The maximum Gasteiger partial charge on any atom is 0.416 e. The van der Waals surface area contributed by atoms with E-state index in [0.29, 0.717) is 17.6 Å². The smallest absolute Gasteiger partial charge is 0.369 e. The lowest BCUT2D eigenvalue weighted by atomic mass is 10.1. The Morgan fingerprint density at radius 2 is 2.00 bits per heavy atom. The second-order valence-electron chi connectivity index (χ2n) is 6.10. The quantitative estimate of drug-likeness (QED) is 0.466. The maximum atomic E-state index is 12.8. The Morgan fingerprint density at radius 3 is 2.66 bits per heavy atom. The Bertz CT molecular complexity index is 1020. The topological polar surface area (TPSA) is 95.1 Å². The number of hydrogen-bond donors (Lipinski definition) is 1. The molecule has 0 aliphatic carbocycles. The average molecular weight is 407 g/mol. The van der Waals surface area contributed by atoms with Crippen molar-refractivity contribution in [3.05, 3.63) is 75.9 Å². The van der Waals surface area contributed by atoms with Crippen LogP contribution in [0.15, 0.2) is 48.8 Å². The van der Waals surface area contributed by atoms with E-state index < -0.39 is 22.4 Å². The van der Waals surface area contributed by atoms with E-state index in [4.69, 9.17) is 4.74 Å². The standard InChI is InChI=1S/C18H16F3N5O3/c1-25-17(22-11-23-25)10-29-9-12-3-2-4-14(7-12)24-15-6-5-13(18(19,20)21)8-16(15)26(27)28/h2-8,11,24H,9-10H2,1H3. The Labute approximate surface area is 163 Å². The number of nitrogens with zero attached hydrogens (tertiary/aromatic N) is 4. The fourth-order valence-corrected chi connectivity index (χ4v) is 2.57. The first-order valence-electron chi connectivity index (χ1n) is 8.36. The monoisotopic (exact) mass is 407 g/mol. The molecule has 3 aromatic rings. The summed E-state index contributed by atoms with van der Waals surface area (Å²) < 4.78 is 45.6. The third-order valence-corrected chi connectivity index (χ3v) is 4.03. The number of aromatic nitrogens is 3. The lowest BCUT2D eigenvalue weighted by Crippen LogP contribution is -2.07. The molecule has 0 unspecified atom stereocenters. The predicted octanol–water partition coefficient (Wildman–Crippen LogP) is 4.20. The van der Waals surface area contributed by atoms with Gasteiger partial charge in [-0.05, 0) is 29.8 Å². The van der Waals surface area contributed by atoms with Crippen molar-refractivity contribution in [3.63, 3.8) is 0 Å². The Balaban J connectivity index is 1.72. The van der Waals surface area contributed by atoms with E-state index in [1.807, 2.05) is 0 Å². The third kappa shape index (κ3) is 5.08. The molecule has 152 valence electrons. The molecular formula is C18H16F3N5O3. The van der Waals surface area contributed by atoms with Crippen LogP contribution >= 0.6 is 0 Å². The molecule has 0 saturated heterocycles. The Morgan fingerprint density at radius 1 is 1.21 bits per heavy atom. The molecule has 0 aliphatic heterocycles. The number of aryl methyl sites for hydroxylation is 1. The van der Waals surface area contributed by atoms with Gasteiger partial charge in [0.15, 0.2) is 5.82 Å². The lowest BCUT2D eigenvalue weighted by molar-refractivity contribution is -0.384. The summed E-state index contributed by atoms with van der Waals surface area (Å²) in [4.78, 5) is 14.4.